The zero-order valence-electron chi connectivity index (χ0n) is 8.96. The molecule has 1 rings (SSSR count). The van der Waals surface area contributed by atoms with Gasteiger partial charge in [0.2, 0.25) is 0 Å². The Bertz CT molecular complexity index is 227. The summed E-state index contributed by atoms with van der Waals surface area (Å²) in [6.07, 6.45) is -2.12. The number of nitrogens with zero attached hydrogens (tertiary/aromatic N) is 3. The van der Waals surface area contributed by atoms with Crippen LogP contribution < -0.4 is 0 Å². The van der Waals surface area contributed by atoms with Crippen molar-refractivity contribution in [1.29, 1.82) is 0 Å². The average molecular weight is 223 g/mol. The van der Waals surface area contributed by atoms with Crippen LogP contribution in [0, 0.1) is 0 Å². The van der Waals surface area contributed by atoms with Crippen LogP contribution in [0.25, 0.3) is 0 Å². The second-order valence-electron chi connectivity index (χ2n) is 3.54. The quantitative estimate of drug-likeness (QED) is 0.682. The summed E-state index contributed by atoms with van der Waals surface area (Å²) in [7, 11) is 0. The summed E-state index contributed by atoms with van der Waals surface area (Å²) < 4.78 is 37.7. The van der Waals surface area contributed by atoms with Gasteiger partial charge in [0.15, 0.2) is 0 Å². The van der Waals surface area contributed by atoms with E-state index in [-0.39, 0.29) is 0 Å². The lowest BCUT2D eigenvalue weighted by atomic mass is 10.2. The van der Waals surface area contributed by atoms with Crippen molar-refractivity contribution in [3.05, 3.63) is 0 Å². The highest BCUT2D eigenvalue weighted by atomic mass is 19.4. The van der Waals surface area contributed by atoms with E-state index in [0.29, 0.717) is 24.3 Å². The molecule has 0 spiro atoms. The molecular weight excluding hydrogens is 207 g/mol. The fourth-order valence-electron chi connectivity index (χ4n) is 1.64. The third kappa shape index (κ3) is 2.76. The lowest BCUT2D eigenvalue weighted by molar-refractivity contribution is -0.235. The molecule has 6 heteroatoms. The van der Waals surface area contributed by atoms with Crippen LogP contribution in [0.4, 0.5) is 13.2 Å². The molecule has 0 aliphatic carbocycles. The van der Waals surface area contributed by atoms with Crippen molar-refractivity contribution in [2.24, 2.45) is 5.10 Å². The molecule has 0 fully saturated rings. The van der Waals surface area contributed by atoms with Crippen molar-refractivity contribution in [2.75, 3.05) is 6.54 Å². The molecule has 15 heavy (non-hydrogen) atoms. The monoisotopic (exact) mass is 223 g/mol. The van der Waals surface area contributed by atoms with E-state index in [0.717, 1.165) is 12.8 Å². The third-order valence-electron chi connectivity index (χ3n) is 2.28. The molecule has 1 heterocycles. The maximum Gasteiger partial charge on any atom is 0.487 e. The van der Waals surface area contributed by atoms with E-state index in [2.05, 4.69) is 5.10 Å². The van der Waals surface area contributed by atoms with Gasteiger partial charge in [-0.05, 0) is 12.8 Å². The molecule has 0 saturated heterocycles. The molecule has 0 N–H and O–H groups in total. The van der Waals surface area contributed by atoms with Crippen molar-refractivity contribution >= 4 is 6.34 Å². The van der Waals surface area contributed by atoms with Gasteiger partial charge in [-0.2, -0.15) is 5.10 Å². The standard InChI is InChI=1S/C9H16F3N3/c1-3-5-8-14(9(10,11)12)7-13-15(8)6-4-2/h7-8H,3-6H2,1-2H3. The Hall–Kier alpha value is -0.940. The van der Waals surface area contributed by atoms with E-state index in [1.54, 1.807) is 0 Å². The van der Waals surface area contributed by atoms with Crippen LogP contribution in [0.3, 0.4) is 0 Å². The summed E-state index contributed by atoms with van der Waals surface area (Å²) in [5.41, 5.74) is 0. The van der Waals surface area contributed by atoms with Crippen LogP contribution >= 0.6 is 0 Å². The van der Waals surface area contributed by atoms with Crippen molar-refractivity contribution < 1.29 is 13.2 Å². The number of hydrazone groups is 1. The van der Waals surface area contributed by atoms with Gasteiger partial charge in [-0.3, -0.25) is 9.91 Å². The Balaban J connectivity index is 2.70. The Kier molecular flexibility index (Phi) is 3.82. The van der Waals surface area contributed by atoms with Crippen molar-refractivity contribution in [3.8, 4) is 0 Å². The van der Waals surface area contributed by atoms with Gasteiger partial charge in [0.1, 0.15) is 12.5 Å². The first-order chi connectivity index (χ1) is 7.00. The molecule has 0 aromatic carbocycles. The lowest BCUT2D eigenvalue weighted by Gasteiger charge is -2.31. The molecule has 1 aliphatic heterocycles. The van der Waals surface area contributed by atoms with Crippen LogP contribution in [-0.4, -0.2) is 35.3 Å². The van der Waals surface area contributed by atoms with Crippen molar-refractivity contribution in [2.45, 2.75) is 45.6 Å². The number of alkyl halides is 3. The number of hydrogen-bond donors (Lipinski definition) is 0. The normalized spacial score (nSPS) is 21.5. The van der Waals surface area contributed by atoms with E-state index in [4.69, 9.17) is 0 Å². The fraction of sp³-hybridized carbons (Fsp3) is 0.889. The fourth-order valence-corrected chi connectivity index (χ4v) is 1.64. The highest BCUT2D eigenvalue weighted by Crippen LogP contribution is 2.29. The molecule has 3 nitrogen and oxygen atoms in total. The molecular formula is C9H16F3N3. The smallest absolute Gasteiger partial charge is 0.273 e. The first-order valence-electron chi connectivity index (χ1n) is 5.16. The topological polar surface area (TPSA) is 18.8 Å². The molecule has 1 aliphatic rings. The van der Waals surface area contributed by atoms with Crippen LogP contribution in [0.15, 0.2) is 5.10 Å². The average Bonchev–Trinajstić information content (AvgIpc) is 2.49. The molecule has 88 valence electrons. The van der Waals surface area contributed by atoms with Gasteiger partial charge < -0.3 is 0 Å². The highest BCUT2D eigenvalue weighted by molar-refractivity contribution is 5.57. The predicted octanol–water partition coefficient (Wildman–Crippen LogP) is 2.60. The Labute approximate surface area is 87.5 Å². The molecule has 0 amide bonds. The lowest BCUT2D eigenvalue weighted by Crippen LogP contribution is -2.47. The summed E-state index contributed by atoms with van der Waals surface area (Å²) in [6, 6.07) is 0. The van der Waals surface area contributed by atoms with Crippen LogP contribution in [0.2, 0.25) is 0 Å². The van der Waals surface area contributed by atoms with E-state index < -0.39 is 12.5 Å². The van der Waals surface area contributed by atoms with Crippen LogP contribution in [0.1, 0.15) is 33.1 Å². The highest BCUT2D eigenvalue weighted by Gasteiger charge is 2.44. The maximum absolute atomic E-state index is 12.6. The summed E-state index contributed by atoms with van der Waals surface area (Å²) >= 11 is 0. The molecule has 1 unspecified atom stereocenters. The Morgan fingerprint density at radius 2 is 1.93 bits per heavy atom. The second kappa shape index (κ2) is 4.72. The third-order valence-corrected chi connectivity index (χ3v) is 2.28. The minimum atomic E-state index is -4.33. The largest absolute Gasteiger partial charge is 0.487 e. The number of hydrogen-bond acceptors (Lipinski definition) is 3. The van der Waals surface area contributed by atoms with E-state index in [1.165, 1.54) is 5.01 Å². The summed E-state index contributed by atoms with van der Waals surface area (Å²) in [4.78, 5) is 0.381. The molecule has 0 bridgehead atoms. The van der Waals surface area contributed by atoms with Crippen molar-refractivity contribution in [1.82, 2.24) is 9.91 Å². The summed E-state index contributed by atoms with van der Waals surface area (Å²) in [5, 5.41) is 5.30. The molecule has 0 radical (unpaired) electrons. The SMILES string of the molecule is CCCC1N(CCC)N=CN1C(F)(F)F. The maximum atomic E-state index is 12.6. The Morgan fingerprint density at radius 1 is 1.27 bits per heavy atom. The zero-order valence-corrected chi connectivity index (χ0v) is 8.96. The molecule has 1 atom stereocenters. The van der Waals surface area contributed by atoms with Crippen molar-refractivity contribution in [3.63, 3.8) is 0 Å². The van der Waals surface area contributed by atoms with Gasteiger partial charge in [-0.25, -0.2) is 0 Å². The van der Waals surface area contributed by atoms with Gasteiger partial charge in [0, 0.05) is 6.54 Å². The van der Waals surface area contributed by atoms with E-state index in [9.17, 15) is 13.2 Å². The van der Waals surface area contributed by atoms with Crippen LogP contribution in [-0.2, 0) is 0 Å². The van der Waals surface area contributed by atoms with E-state index in [1.807, 2.05) is 13.8 Å². The second-order valence-corrected chi connectivity index (χ2v) is 3.54. The number of halogens is 3. The minimum Gasteiger partial charge on any atom is -0.273 e. The summed E-state index contributed by atoms with van der Waals surface area (Å²) in [5.74, 6) is 0. The molecule has 0 saturated carbocycles. The zero-order chi connectivity index (χ0) is 11.5. The number of rotatable bonds is 4. The van der Waals surface area contributed by atoms with Gasteiger partial charge in [0.25, 0.3) is 0 Å². The summed E-state index contributed by atoms with van der Waals surface area (Å²) in [6.45, 7) is 4.36. The van der Waals surface area contributed by atoms with Crippen LogP contribution in [0.5, 0.6) is 0 Å². The predicted molar refractivity (Wildman–Crippen MR) is 52.1 cm³/mol. The van der Waals surface area contributed by atoms with Gasteiger partial charge in [-0.15, -0.1) is 13.2 Å². The minimum absolute atomic E-state index is 0.381. The van der Waals surface area contributed by atoms with Gasteiger partial charge in [0.05, 0.1) is 0 Å². The first kappa shape index (κ1) is 12.1. The Morgan fingerprint density at radius 3 is 2.40 bits per heavy atom. The first-order valence-corrected chi connectivity index (χ1v) is 5.16. The van der Waals surface area contributed by atoms with Gasteiger partial charge >= 0.3 is 6.30 Å². The van der Waals surface area contributed by atoms with Gasteiger partial charge in [-0.1, -0.05) is 20.3 Å². The molecule has 0 aromatic rings. The van der Waals surface area contributed by atoms with E-state index >= 15 is 0 Å². The molecule has 0 aromatic heterocycles.